The highest BCUT2D eigenvalue weighted by molar-refractivity contribution is 5.99. The number of halogens is 1. The van der Waals surface area contributed by atoms with Crippen LogP contribution in [0.4, 0.5) is 9.18 Å². The number of carbonyl (C=O) groups is 5. The van der Waals surface area contributed by atoms with Crippen LogP contribution in [0.25, 0.3) is 10.9 Å². The smallest absolute Gasteiger partial charge is 0.409 e. The number of hydrogen-bond donors (Lipinski definition) is 2. The Hall–Kier alpha value is -5.27. The predicted octanol–water partition coefficient (Wildman–Crippen LogP) is 4.86. The van der Waals surface area contributed by atoms with Gasteiger partial charge in [0.1, 0.15) is 23.3 Å². The lowest BCUT2D eigenvalue weighted by atomic mass is 10.0. The lowest BCUT2D eigenvalue weighted by Crippen LogP contribution is -2.56. The van der Waals surface area contributed by atoms with E-state index in [1.807, 2.05) is 19.9 Å². The summed E-state index contributed by atoms with van der Waals surface area (Å²) < 4.78 is 25.1. The quantitative estimate of drug-likeness (QED) is 0.236. The monoisotopic (exact) mass is 719 g/mol. The number of aliphatic carboxylic acids is 1. The standard InChI is InChI=1S/C38H46FN5O8/c1-4-5-21-51-38(50)43-19-17-42(18-20-43)37(49)29(14-15-34(45)46)41-35(47)31-23-33(28-13-8-24(2)22-30(28)40-31)52-25(3)36(48)44-16-6-7-32(44)26-9-11-27(39)12-10-26/h8-13,22-23,25,29,32H,4-7,14-21H2,1-3H3,(H,41,47)(H,45,46)/t25-,29+,32+/m1/s1. The summed E-state index contributed by atoms with van der Waals surface area (Å²) >= 11 is 0. The van der Waals surface area contributed by atoms with E-state index < -0.39 is 36.0 Å². The molecule has 0 spiro atoms. The van der Waals surface area contributed by atoms with Crippen molar-refractivity contribution in [3.63, 3.8) is 0 Å². The van der Waals surface area contributed by atoms with Crippen molar-refractivity contribution in [3.05, 3.63) is 71.2 Å². The lowest BCUT2D eigenvalue weighted by molar-refractivity contribution is -0.139. The third-order valence-corrected chi connectivity index (χ3v) is 9.43. The van der Waals surface area contributed by atoms with Gasteiger partial charge in [-0.25, -0.2) is 14.2 Å². The van der Waals surface area contributed by atoms with Crippen molar-refractivity contribution in [2.24, 2.45) is 0 Å². The fourth-order valence-corrected chi connectivity index (χ4v) is 6.54. The number of amides is 4. The summed E-state index contributed by atoms with van der Waals surface area (Å²) in [4.78, 5) is 74.4. The van der Waals surface area contributed by atoms with E-state index in [2.05, 4.69) is 10.3 Å². The zero-order chi connectivity index (χ0) is 37.4. The maximum absolute atomic E-state index is 13.8. The van der Waals surface area contributed by atoms with Crippen molar-refractivity contribution in [1.82, 2.24) is 25.0 Å². The first-order valence-corrected chi connectivity index (χ1v) is 17.8. The molecule has 2 aromatic carbocycles. The summed E-state index contributed by atoms with van der Waals surface area (Å²) in [6.45, 7) is 7.19. The number of carbonyl (C=O) groups excluding carboxylic acids is 4. The molecule has 0 bridgehead atoms. The minimum absolute atomic E-state index is 0.0779. The Morgan fingerprint density at radius 2 is 1.69 bits per heavy atom. The van der Waals surface area contributed by atoms with Gasteiger partial charge in [-0.1, -0.05) is 31.5 Å². The molecule has 1 aromatic heterocycles. The summed E-state index contributed by atoms with van der Waals surface area (Å²) in [6.07, 6.45) is 1.23. The molecule has 278 valence electrons. The van der Waals surface area contributed by atoms with Gasteiger partial charge in [0, 0.05) is 50.6 Å². The fraction of sp³-hybridized carbons (Fsp3) is 0.474. The highest BCUT2D eigenvalue weighted by atomic mass is 19.1. The van der Waals surface area contributed by atoms with Crippen molar-refractivity contribution in [3.8, 4) is 5.75 Å². The number of hydrogen-bond acceptors (Lipinski definition) is 8. The van der Waals surface area contributed by atoms with Gasteiger partial charge in [0.25, 0.3) is 11.8 Å². The zero-order valence-corrected chi connectivity index (χ0v) is 29.8. The average Bonchev–Trinajstić information content (AvgIpc) is 3.62. The molecule has 4 amide bonds. The van der Waals surface area contributed by atoms with Gasteiger partial charge in [0.2, 0.25) is 5.91 Å². The number of aryl methyl sites for hydroxylation is 1. The number of benzene rings is 2. The van der Waals surface area contributed by atoms with E-state index in [1.54, 1.807) is 36.1 Å². The summed E-state index contributed by atoms with van der Waals surface area (Å²) in [6, 6.07) is 11.6. The first kappa shape index (κ1) is 38.0. The maximum atomic E-state index is 13.8. The van der Waals surface area contributed by atoms with Gasteiger partial charge in [0.15, 0.2) is 6.10 Å². The van der Waals surface area contributed by atoms with Crippen LogP contribution >= 0.6 is 0 Å². The first-order chi connectivity index (χ1) is 24.9. The number of carboxylic acids is 1. The third kappa shape index (κ3) is 9.33. The SMILES string of the molecule is CCCCOC(=O)N1CCN(C(=O)[C@H](CCC(=O)O)NC(=O)c2cc(O[C@H](C)C(=O)N3CCC[C@H]3c3ccc(F)cc3)c3ccc(C)cc3n2)CC1. The summed E-state index contributed by atoms with van der Waals surface area (Å²) in [5.74, 6) is -2.69. The second kappa shape index (κ2) is 17.3. The van der Waals surface area contributed by atoms with Crippen LogP contribution in [0.2, 0.25) is 0 Å². The van der Waals surface area contributed by atoms with Crippen LogP contribution in [0.3, 0.4) is 0 Å². The maximum Gasteiger partial charge on any atom is 0.409 e. The molecule has 13 nitrogen and oxygen atoms in total. The molecule has 52 heavy (non-hydrogen) atoms. The number of unbranched alkanes of at least 4 members (excludes halogenated alkanes) is 1. The van der Waals surface area contributed by atoms with E-state index >= 15 is 0 Å². The fourth-order valence-electron chi connectivity index (χ4n) is 6.54. The molecule has 2 saturated heterocycles. The third-order valence-electron chi connectivity index (χ3n) is 9.43. The molecule has 2 fully saturated rings. The number of nitrogens with one attached hydrogen (secondary N) is 1. The average molecular weight is 720 g/mol. The van der Waals surface area contributed by atoms with Gasteiger partial charge < -0.3 is 34.6 Å². The highest BCUT2D eigenvalue weighted by Gasteiger charge is 2.34. The van der Waals surface area contributed by atoms with Gasteiger partial charge in [0.05, 0.1) is 18.2 Å². The predicted molar refractivity (Wildman–Crippen MR) is 189 cm³/mol. The van der Waals surface area contributed by atoms with Crippen LogP contribution in [-0.4, -0.2) is 106 Å². The first-order valence-electron chi connectivity index (χ1n) is 17.8. The van der Waals surface area contributed by atoms with E-state index in [1.165, 1.54) is 28.0 Å². The van der Waals surface area contributed by atoms with Gasteiger partial charge in [-0.15, -0.1) is 0 Å². The summed E-state index contributed by atoms with van der Waals surface area (Å²) in [7, 11) is 0. The van der Waals surface area contributed by atoms with Crippen molar-refractivity contribution >= 4 is 40.7 Å². The summed E-state index contributed by atoms with van der Waals surface area (Å²) in [5.41, 5.74) is 2.06. The molecular formula is C38H46FN5O8. The molecule has 0 unspecified atom stereocenters. The van der Waals surface area contributed by atoms with Crippen LogP contribution in [-0.2, 0) is 19.1 Å². The van der Waals surface area contributed by atoms with E-state index in [4.69, 9.17) is 9.47 Å². The minimum Gasteiger partial charge on any atom is -0.481 e. The summed E-state index contributed by atoms with van der Waals surface area (Å²) in [5, 5.41) is 12.7. The van der Waals surface area contributed by atoms with Crippen LogP contribution in [0, 0.1) is 12.7 Å². The Bertz CT molecular complexity index is 1780. The van der Waals surface area contributed by atoms with Crippen LogP contribution in [0.1, 0.15) is 80.0 Å². The normalized spacial score (nSPS) is 17.1. The molecule has 3 aromatic rings. The lowest BCUT2D eigenvalue weighted by Gasteiger charge is -2.36. The van der Waals surface area contributed by atoms with Crippen LogP contribution in [0.15, 0.2) is 48.5 Å². The Morgan fingerprint density at radius 3 is 2.38 bits per heavy atom. The Balaban J connectivity index is 1.32. The van der Waals surface area contributed by atoms with Crippen LogP contribution < -0.4 is 10.1 Å². The molecular weight excluding hydrogens is 673 g/mol. The number of nitrogens with zero attached hydrogens (tertiary/aromatic N) is 4. The topological polar surface area (TPSA) is 159 Å². The van der Waals surface area contributed by atoms with E-state index in [-0.39, 0.29) is 68.2 Å². The molecule has 2 N–H and O–H groups in total. The molecule has 2 aliphatic rings. The number of ether oxygens (including phenoxy) is 2. The number of likely N-dealkylation sites (tertiary alicyclic amines) is 1. The van der Waals surface area contributed by atoms with E-state index in [0.717, 1.165) is 36.8 Å². The van der Waals surface area contributed by atoms with Crippen molar-refractivity contribution in [2.45, 2.75) is 77.5 Å². The molecule has 5 rings (SSSR count). The second-order valence-corrected chi connectivity index (χ2v) is 13.3. The Kier molecular flexibility index (Phi) is 12.6. The van der Waals surface area contributed by atoms with Crippen molar-refractivity contribution < 1.29 is 42.9 Å². The van der Waals surface area contributed by atoms with Gasteiger partial charge in [-0.2, -0.15) is 0 Å². The zero-order valence-electron chi connectivity index (χ0n) is 29.8. The Labute approximate surface area is 302 Å². The van der Waals surface area contributed by atoms with Crippen molar-refractivity contribution in [2.75, 3.05) is 39.3 Å². The Morgan fingerprint density at radius 1 is 0.981 bits per heavy atom. The van der Waals surface area contributed by atoms with E-state index in [9.17, 15) is 33.5 Å². The molecule has 3 atom stereocenters. The number of aromatic nitrogens is 1. The van der Waals surface area contributed by atoms with Crippen LogP contribution in [0.5, 0.6) is 5.75 Å². The molecule has 0 aliphatic carbocycles. The number of fused-ring (bicyclic) bond motifs is 1. The van der Waals surface area contributed by atoms with E-state index in [0.29, 0.717) is 24.1 Å². The number of pyridine rings is 1. The molecule has 2 aliphatic heterocycles. The largest absolute Gasteiger partial charge is 0.481 e. The van der Waals surface area contributed by atoms with Gasteiger partial charge in [-0.3, -0.25) is 19.2 Å². The number of carboxylic acid groups (broad SMARTS) is 1. The number of rotatable bonds is 13. The molecule has 0 radical (unpaired) electrons. The molecule has 3 heterocycles. The molecule has 0 saturated carbocycles. The minimum atomic E-state index is -1.18. The molecule has 14 heteroatoms. The van der Waals surface area contributed by atoms with Gasteiger partial charge in [-0.05, 0) is 74.9 Å². The van der Waals surface area contributed by atoms with Gasteiger partial charge >= 0.3 is 12.1 Å². The second-order valence-electron chi connectivity index (χ2n) is 13.3. The number of piperazine rings is 1. The highest BCUT2D eigenvalue weighted by Crippen LogP contribution is 2.34. The van der Waals surface area contributed by atoms with Crippen molar-refractivity contribution in [1.29, 1.82) is 0 Å².